The van der Waals surface area contributed by atoms with Crippen LogP contribution in [0.2, 0.25) is 0 Å². The van der Waals surface area contributed by atoms with Crippen molar-refractivity contribution in [3.05, 3.63) is 16.0 Å². The number of nitrogens with two attached hydrogens (primary N) is 1. The Morgan fingerprint density at radius 2 is 2.00 bits per heavy atom. The summed E-state index contributed by atoms with van der Waals surface area (Å²) >= 11 is 3.49. The van der Waals surface area contributed by atoms with Crippen LogP contribution in [0.1, 0.15) is 50.0 Å². The molecule has 0 unspecified atom stereocenters. The lowest BCUT2D eigenvalue weighted by molar-refractivity contribution is 0.697. The summed E-state index contributed by atoms with van der Waals surface area (Å²) in [4.78, 5) is 9.09. The molecule has 0 saturated heterocycles. The van der Waals surface area contributed by atoms with E-state index in [4.69, 9.17) is 10.7 Å². The summed E-state index contributed by atoms with van der Waals surface area (Å²) in [7, 11) is 0. The van der Waals surface area contributed by atoms with Gasteiger partial charge in [0.25, 0.3) is 0 Å². The number of hydrogen-bond acceptors (Lipinski definition) is 3. The maximum atomic E-state index is 5.91. The van der Waals surface area contributed by atoms with E-state index < -0.39 is 0 Å². The van der Waals surface area contributed by atoms with Gasteiger partial charge in [0.2, 0.25) is 0 Å². The van der Waals surface area contributed by atoms with Crippen molar-refractivity contribution < 1.29 is 0 Å². The summed E-state index contributed by atoms with van der Waals surface area (Å²) < 4.78 is 0.915. The quantitative estimate of drug-likeness (QED) is 0.897. The number of hydrogen-bond donors (Lipinski definition) is 1. The highest BCUT2D eigenvalue weighted by Crippen LogP contribution is 2.49. The van der Waals surface area contributed by atoms with Gasteiger partial charge in [-0.1, -0.05) is 6.92 Å². The Balaban J connectivity index is 2.09. The van der Waals surface area contributed by atoms with Gasteiger partial charge in [-0.25, -0.2) is 9.97 Å². The second kappa shape index (κ2) is 2.94. The van der Waals surface area contributed by atoms with Crippen LogP contribution in [-0.2, 0) is 5.41 Å². The van der Waals surface area contributed by atoms with Crippen molar-refractivity contribution in [2.75, 3.05) is 5.73 Å². The normalized spacial score (nSPS) is 22.8. The summed E-state index contributed by atoms with van der Waals surface area (Å²) in [6.07, 6.45) is 4.87. The van der Waals surface area contributed by atoms with Crippen LogP contribution in [0.4, 0.5) is 5.82 Å². The van der Waals surface area contributed by atoms with E-state index in [1.807, 2.05) is 0 Å². The third-order valence-electron chi connectivity index (χ3n) is 3.41. The van der Waals surface area contributed by atoms with Gasteiger partial charge in [-0.05, 0) is 41.6 Å². The second-order valence-electron chi connectivity index (χ2n) is 4.97. The van der Waals surface area contributed by atoms with Crippen molar-refractivity contribution in [3.63, 3.8) is 0 Å². The molecular weight excluding hydrogens is 254 g/mol. The van der Waals surface area contributed by atoms with Crippen molar-refractivity contribution in [2.24, 2.45) is 0 Å². The second-order valence-corrected chi connectivity index (χ2v) is 5.76. The molecule has 0 bridgehead atoms. The molecule has 0 spiro atoms. The zero-order chi connectivity index (χ0) is 10.6. The third-order valence-corrected chi connectivity index (χ3v) is 4.22. The zero-order valence-electron chi connectivity index (χ0n) is 8.76. The van der Waals surface area contributed by atoms with Gasteiger partial charge in [-0.3, -0.25) is 0 Å². The molecule has 2 aliphatic rings. The molecule has 2 fully saturated rings. The number of anilines is 1. The van der Waals surface area contributed by atoms with Crippen molar-refractivity contribution >= 4 is 21.7 Å². The van der Waals surface area contributed by atoms with Gasteiger partial charge in [0, 0.05) is 11.3 Å². The highest BCUT2D eigenvalue weighted by Gasteiger charge is 2.43. The molecule has 0 amide bonds. The SMILES string of the molecule is CC1(c2nc(N)c(Br)c(C3CC3)n2)CC1. The highest BCUT2D eigenvalue weighted by atomic mass is 79.9. The molecule has 2 N–H and O–H groups in total. The van der Waals surface area contributed by atoms with Crippen LogP contribution < -0.4 is 5.73 Å². The van der Waals surface area contributed by atoms with Gasteiger partial charge in [0.1, 0.15) is 11.6 Å². The van der Waals surface area contributed by atoms with Crippen molar-refractivity contribution in [1.29, 1.82) is 0 Å². The zero-order valence-corrected chi connectivity index (χ0v) is 10.3. The summed E-state index contributed by atoms with van der Waals surface area (Å²) in [6, 6.07) is 0. The first-order valence-corrected chi connectivity index (χ1v) is 6.23. The Kier molecular flexibility index (Phi) is 1.88. The third kappa shape index (κ3) is 1.55. The molecule has 4 heteroatoms. The Morgan fingerprint density at radius 3 is 2.53 bits per heavy atom. The highest BCUT2D eigenvalue weighted by molar-refractivity contribution is 9.10. The average molecular weight is 268 g/mol. The van der Waals surface area contributed by atoms with E-state index in [2.05, 4.69) is 27.8 Å². The summed E-state index contributed by atoms with van der Waals surface area (Å²) in [6.45, 7) is 2.21. The molecule has 0 atom stereocenters. The van der Waals surface area contributed by atoms with Crippen LogP contribution in [-0.4, -0.2) is 9.97 Å². The Labute approximate surface area is 97.6 Å². The molecule has 0 aromatic carbocycles. The molecule has 15 heavy (non-hydrogen) atoms. The van der Waals surface area contributed by atoms with Gasteiger partial charge in [0.15, 0.2) is 0 Å². The molecule has 3 rings (SSSR count). The van der Waals surface area contributed by atoms with E-state index in [0.717, 1.165) is 16.0 Å². The molecule has 3 nitrogen and oxygen atoms in total. The first kappa shape index (κ1) is 9.58. The van der Waals surface area contributed by atoms with E-state index in [1.165, 1.54) is 25.7 Å². The summed E-state index contributed by atoms with van der Waals surface area (Å²) in [5.41, 5.74) is 7.25. The van der Waals surface area contributed by atoms with Crippen molar-refractivity contribution in [2.45, 2.75) is 43.9 Å². The average Bonchev–Trinajstić information content (AvgIpc) is 3.04. The maximum Gasteiger partial charge on any atom is 0.141 e. The fourth-order valence-electron chi connectivity index (χ4n) is 1.79. The molecule has 2 aliphatic carbocycles. The van der Waals surface area contributed by atoms with E-state index in [9.17, 15) is 0 Å². The molecule has 1 heterocycles. The predicted octanol–water partition coefficient (Wildman–Crippen LogP) is 2.75. The summed E-state index contributed by atoms with van der Waals surface area (Å²) in [5, 5.41) is 0. The van der Waals surface area contributed by atoms with E-state index in [-0.39, 0.29) is 5.41 Å². The van der Waals surface area contributed by atoms with Crippen LogP contribution in [0.15, 0.2) is 4.47 Å². The van der Waals surface area contributed by atoms with Crippen LogP contribution >= 0.6 is 15.9 Å². The fraction of sp³-hybridized carbons (Fsp3) is 0.636. The lowest BCUT2D eigenvalue weighted by Crippen LogP contribution is -2.11. The van der Waals surface area contributed by atoms with Gasteiger partial charge in [-0.2, -0.15) is 0 Å². The number of nitrogens with zero attached hydrogens (tertiary/aromatic N) is 2. The molecule has 1 aromatic heterocycles. The van der Waals surface area contributed by atoms with Gasteiger partial charge < -0.3 is 5.73 Å². The van der Waals surface area contributed by atoms with Gasteiger partial charge >= 0.3 is 0 Å². The summed E-state index contributed by atoms with van der Waals surface area (Å²) in [5.74, 6) is 2.17. The monoisotopic (exact) mass is 267 g/mol. The number of aromatic nitrogens is 2. The number of halogens is 1. The topological polar surface area (TPSA) is 51.8 Å². The minimum atomic E-state index is 0.207. The Morgan fingerprint density at radius 1 is 1.33 bits per heavy atom. The molecule has 80 valence electrons. The van der Waals surface area contributed by atoms with E-state index >= 15 is 0 Å². The molecule has 0 radical (unpaired) electrons. The first-order valence-electron chi connectivity index (χ1n) is 5.43. The van der Waals surface area contributed by atoms with Gasteiger partial charge in [-0.15, -0.1) is 0 Å². The number of rotatable bonds is 2. The lowest BCUT2D eigenvalue weighted by Gasteiger charge is -2.11. The van der Waals surface area contributed by atoms with Crippen LogP contribution in [0.5, 0.6) is 0 Å². The maximum absolute atomic E-state index is 5.91. The van der Waals surface area contributed by atoms with Gasteiger partial charge in [0.05, 0.1) is 10.2 Å². The molecule has 1 aromatic rings. The fourth-order valence-corrected chi connectivity index (χ4v) is 2.29. The molecule has 0 aliphatic heterocycles. The van der Waals surface area contributed by atoms with E-state index in [1.54, 1.807) is 0 Å². The van der Waals surface area contributed by atoms with Crippen molar-refractivity contribution in [1.82, 2.24) is 9.97 Å². The number of nitrogen functional groups attached to an aromatic ring is 1. The Bertz CT molecular complexity index is 422. The lowest BCUT2D eigenvalue weighted by atomic mass is 10.1. The first-order chi connectivity index (χ1) is 7.10. The van der Waals surface area contributed by atoms with Crippen LogP contribution in [0.3, 0.4) is 0 Å². The van der Waals surface area contributed by atoms with Crippen molar-refractivity contribution in [3.8, 4) is 0 Å². The molecular formula is C11H14BrN3. The largest absolute Gasteiger partial charge is 0.383 e. The Hall–Kier alpha value is -0.640. The predicted molar refractivity (Wildman–Crippen MR) is 62.7 cm³/mol. The molecule has 2 saturated carbocycles. The van der Waals surface area contributed by atoms with Crippen LogP contribution in [0, 0.1) is 0 Å². The smallest absolute Gasteiger partial charge is 0.141 e. The van der Waals surface area contributed by atoms with Crippen LogP contribution in [0.25, 0.3) is 0 Å². The van der Waals surface area contributed by atoms with E-state index in [0.29, 0.717) is 11.7 Å². The minimum Gasteiger partial charge on any atom is -0.383 e. The standard InChI is InChI=1S/C11H14BrN3/c1-11(4-5-11)10-14-8(6-2-3-6)7(12)9(13)15-10/h6H,2-5H2,1H3,(H2,13,14,15). The minimum absolute atomic E-state index is 0.207.